The molecule has 0 spiro atoms. The Bertz CT molecular complexity index is 444. The van der Waals surface area contributed by atoms with E-state index in [1.165, 1.54) is 18.2 Å². The molecule has 0 aliphatic heterocycles. The summed E-state index contributed by atoms with van der Waals surface area (Å²) in [6.07, 6.45) is -4.52. The van der Waals surface area contributed by atoms with Crippen LogP contribution in [0.3, 0.4) is 0 Å². The van der Waals surface area contributed by atoms with Gasteiger partial charge in [-0.15, -0.1) is 12.4 Å². The summed E-state index contributed by atoms with van der Waals surface area (Å²) in [6.45, 7) is 1.15. The number of alkyl halides is 3. The highest BCUT2D eigenvalue weighted by atomic mass is 35.5. The van der Waals surface area contributed by atoms with Gasteiger partial charge in [-0.1, -0.05) is 12.1 Å². The summed E-state index contributed by atoms with van der Waals surface area (Å²) < 4.78 is 43.1. The average molecular weight is 328 g/mol. The number of ether oxygens (including phenoxy) is 1. The van der Waals surface area contributed by atoms with E-state index in [9.17, 15) is 18.0 Å². The zero-order chi connectivity index (χ0) is 15.0. The first-order chi connectivity index (χ1) is 9.45. The van der Waals surface area contributed by atoms with E-state index in [4.69, 9.17) is 10.5 Å². The Labute approximate surface area is 126 Å². The maximum Gasteiger partial charge on any atom is 0.418 e. The fourth-order valence-corrected chi connectivity index (χ4v) is 1.43. The van der Waals surface area contributed by atoms with Crippen LogP contribution in [0.15, 0.2) is 24.3 Å². The van der Waals surface area contributed by atoms with E-state index in [-0.39, 0.29) is 31.2 Å². The molecule has 0 aromatic heterocycles. The van der Waals surface area contributed by atoms with E-state index in [0.29, 0.717) is 13.2 Å². The fourth-order valence-electron chi connectivity index (χ4n) is 1.43. The zero-order valence-electron chi connectivity index (χ0n) is 11.1. The molecule has 1 aromatic carbocycles. The quantitative estimate of drug-likeness (QED) is 0.701. The number of benzene rings is 1. The van der Waals surface area contributed by atoms with Crippen molar-refractivity contribution in [3.63, 3.8) is 0 Å². The molecule has 0 bridgehead atoms. The van der Waals surface area contributed by atoms with Gasteiger partial charge in [-0.05, 0) is 12.1 Å². The van der Waals surface area contributed by atoms with E-state index in [1.807, 2.05) is 0 Å². The molecule has 2 amide bonds. The summed E-state index contributed by atoms with van der Waals surface area (Å²) in [6, 6.07) is 4.03. The molecule has 0 radical (unpaired) electrons. The number of rotatable bonds is 6. The van der Waals surface area contributed by atoms with E-state index in [0.717, 1.165) is 6.07 Å². The molecule has 120 valence electrons. The smallest absolute Gasteiger partial charge is 0.378 e. The third-order valence-electron chi connectivity index (χ3n) is 2.27. The van der Waals surface area contributed by atoms with Gasteiger partial charge in [-0.3, -0.25) is 0 Å². The normalized spacial score (nSPS) is 10.7. The molecule has 5 nitrogen and oxygen atoms in total. The maximum absolute atomic E-state index is 12.7. The minimum absolute atomic E-state index is 0. The topological polar surface area (TPSA) is 76.4 Å². The fraction of sp³-hybridized carbons (Fsp3) is 0.417. The van der Waals surface area contributed by atoms with Gasteiger partial charge in [0.2, 0.25) is 0 Å². The molecule has 0 saturated heterocycles. The van der Waals surface area contributed by atoms with Gasteiger partial charge in [0.15, 0.2) is 0 Å². The third-order valence-corrected chi connectivity index (χ3v) is 2.27. The molecule has 0 atom stereocenters. The minimum Gasteiger partial charge on any atom is -0.378 e. The Kier molecular flexibility index (Phi) is 8.75. The predicted molar refractivity (Wildman–Crippen MR) is 75.6 cm³/mol. The van der Waals surface area contributed by atoms with Crippen molar-refractivity contribution >= 4 is 24.1 Å². The lowest BCUT2D eigenvalue weighted by molar-refractivity contribution is -0.136. The molecule has 21 heavy (non-hydrogen) atoms. The minimum atomic E-state index is -4.52. The van der Waals surface area contributed by atoms with E-state index in [1.54, 1.807) is 0 Å². The van der Waals surface area contributed by atoms with Gasteiger partial charge >= 0.3 is 12.2 Å². The molecule has 0 fully saturated rings. The molecule has 1 aromatic rings. The Morgan fingerprint density at radius 2 is 1.90 bits per heavy atom. The molecular formula is C12H17ClF3N3O2. The number of carbonyl (C=O) groups excluding carboxylic acids is 1. The highest BCUT2D eigenvalue weighted by Crippen LogP contribution is 2.34. The van der Waals surface area contributed by atoms with E-state index < -0.39 is 17.8 Å². The van der Waals surface area contributed by atoms with Crippen LogP contribution in [0.4, 0.5) is 23.7 Å². The number of hydrogen-bond donors (Lipinski definition) is 3. The van der Waals surface area contributed by atoms with Crippen LogP contribution in [0.25, 0.3) is 0 Å². The number of carbonyl (C=O) groups is 1. The monoisotopic (exact) mass is 327 g/mol. The number of halogens is 4. The van der Waals surface area contributed by atoms with Gasteiger partial charge in [-0.2, -0.15) is 13.2 Å². The van der Waals surface area contributed by atoms with Crippen molar-refractivity contribution in [3.05, 3.63) is 29.8 Å². The second-order valence-electron chi connectivity index (χ2n) is 3.83. The molecule has 0 aliphatic carbocycles. The molecule has 0 unspecified atom stereocenters. The van der Waals surface area contributed by atoms with Crippen LogP contribution in [-0.2, 0) is 10.9 Å². The number of amides is 2. The summed E-state index contributed by atoms with van der Waals surface area (Å²) in [4.78, 5) is 11.5. The van der Waals surface area contributed by atoms with Crippen molar-refractivity contribution in [2.75, 3.05) is 31.6 Å². The number of urea groups is 1. The standard InChI is InChI=1S/C12H16F3N3O2.ClH/c13-12(14,15)9-3-1-2-4-10(9)18-11(19)17-6-8-20-7-5-16;/h1-4H,5-8,16H2,(H2,17,18,19);1H. The van der Waals surface area contributed by atoms with Gasteiger partial charge in [0.05, 0.1) is 24.5 Å². The number of nitrogens with two attached hydrogens (primary N) is 1. The lowest BCUT2D eigenvalue weighted by Gasteiger charge is -2.14. The van der Waals surface area contributed by atoms with Crippen molar-refractivity contribution in [2.45, 2.75) is 6.18 Å². The van der Waals surface area contributed by atoms with Gasteiger partial charge in [0.1, 0.15) is 0 Å². The molecular weight excluding hydrogens is 311 g/mol. The lowest BCUT2D eigenvalue weighted by Crippen LogP contribution is -2.32. The van der Waals surface area contributed by atoms with E-state index >= 15 is 0 Å². The van der Waals surface area contributed by atoms with Crippen LogP contribution in [0.5, 0.6) is 0 Å². The van der Waals surface area contributed by atoms with Crippen molar-refractivity contribution in [1.29, 1.82) is 0 Å². The molecule has 0 saturated carbocycles. The average Bonchev–Trinajstić information content (AvgIpc) is 2.38. The second kappa shape index (κ2) is 9.43. The maximum atomic E-state index is 12.7. The molecule has 0 aliphatic rings. The van der Waals surface area contributed by atoms with Gasteiger partial charge < -0.3 is 21.1 Å². The Morgan fingerprint density at radius 3 is 2.52 bits per heavy atom. The summed E-state index contributed by atoms with van der Waals surface area (Å²) in [5, 5.41) is 4.54. The predicted octanol–water partition coefficient (Wildman–Crippen LogP) is 2.22. The van der Waals surface area contributed by atoms with Crippen molar-refractivity contribution < 1.29 is 22.7 Å². The van der Waals surface area contributed by atoms with Crippen LogP contribution in [0.2, 0.25) is 0 Å². The summed E-state index contributed by atoms with van der Waals surface area (Å²) in [5.74, 6) is 0. The number of para-hydroxylation sites is 1. The van der Waals surface area contributed by atoms with Crippen LogP contribution < -0.4 is 16.4 Å². The van der Waals surface area contributed by atoms with Crippen LogP contribution in [-0.4, -0.2) is 32.3 Å². The van der Waals surface area contributed by atoms with Crippen molar-refractivity contribution in [3.8, 4) is 0 Å². The van der Waals surface area contributed by atoms with Crippen LogP contribution in [0, 0.1) is 0 Å². The van der Waals surface area contributed by atoms with Crippen LogP contribution in [0.1, 0.15) is 5.56 Å². The summed E-state index contributed by atoms with van der Waals surface area (Å²) in [7, 11) is 0. The first-order valence-electron chi connectivity index (χ1n) is 5.94. The van der Waals surface area contributed by atoms with Gasteiger partial charge in [-0.25, -0.2) is 4.79 Å². The van der Waals surface area contributed by atoms with Crippen molar-refractivity contribution in [1.82, 2.24) is 5.32 Å². The largest absolute Gasteiger partial charge is 0.418 e. The Balaban J connectivity index is 0.00000400. The first kappa shape index (κ1) is 19.5. The SMILES string of the molecule is Cl.NCCOCCNC(=O)Nc1ccccc1C(F)(F)F. The van der Waals surface area contributed by atoms with Gasteiger partial charge in [0.25, 0.3) is 0 Å². The highest BCUT2D eigenvalue weighted by molar-refractivity contribution is 5.90. The van der Waals surface area contributed by atoms with Gasteiger partial charge in [0, 0.05) is 13.1 Å². The number of hydrogen-bond acceptors (Lipinski definition) is 3. The second-order valence-corrected chi connectivity index (χ2v) is 3.83. The Morgan fingerprint density at radius 1 is 1.24 bits per heavy atom. The molecule has 4 N–H and O–H groups in total. The molecule has 9 heteroatoms. The summed E-state index contributed by atoms with van der Waals surface area (Å²) >= 11 is 0. The first-order valence-corrected chi connectivity index (χ1v) is 5.94. The third kappa shape index (κ3) is 7.16. The van der Waals surface area contributed by atoms with Crippen molar-refractivity contribution in [2.24, 2.45) is 5.73 Å². The molecule has 1 rings (SSSR count). The number of nitrogens with one attached hydrogen (secondary N) is 2. The lowest BCUT2D eigenvalue weighted by atomic mass is 10.1. The summed E-state index contributed by atoms with van der Waals surface area (Å²) in [5.41, 5.74) is 4.01. The number of anilines is 1. The van der Waals surface area contributed by atoms with E-state index in [2.05, 4.69) is 10.6 Å². The molecule has 0 heterocycles. The van der Waals surface area contributed by atoms with Crippen LogP contribution >= 0.6 is 12.4 Å². The zero-order valence-corrected chi connectivity index (χ0v) is 11.9. The Hall–Kier alpha value is -1.51. The highest BCUT2D eigenvalue weighted by Gasteiger charge is 2.33.